The number of amides is 1. The number of rotatable bonds is 6. The van der Waals surface area contributed by atoms with Gasteiger partial charge >= 0.3 is 0 Å². The summed E-state index contributed by atoms with van der Waals surface area (Å²) in [6.07, 6.45) is 0. The Labute approximate surface area is 120 Å². The molecule has 0 bridgehead atoms. The first-order valence-corrected chi connectivity index (χ1v) is 6.68. The Kier molecular flexibility index (Phi) is 5.82. The van der Waals surface area contributed by atoms with E-state index in [1.165, 1.54) is 0 Å². The van der Waals surface area contributed by atoms with Gasteiger partial charge in [-0.25, -0.2) is 0 Å². The molecule has 1 amide bonds. The fourth-order valence-electron chi connectivity index (χ4n) is 1.62. The molecule has 2 N–H and O–H groups in total. The van der Waals surface area contributed by atoms with Crippen molar-refractivity contribution in [3.05, 3.63) is 23.8 Å². The number of hydrogen-bond donors (Lipinski definition) is 1. The number of likely N-dealkylation sites (N-methyl/N-ethyl adjacent to an activating group) is 1. The Morgan fingerprint density at radius 3 is 2.45 bits per heavy atom. The summed E-state index contributed by atoms with van der Waals surface area (Å²) in [5.74, 6) is 1.06. The number of benzene rings is 1. The van der Waals surface area contributed by atoms with Crippen LogP contribution in [0, 0.1) is 0 Å². The lowest BCUT2D eigenvalue weighted by Crippen LogP contribution is -2.36. The minimum Gasteiger partial charge on any atom is -0.493 e. The molecule has 1 aromatic rings. The van der Waals surface area contributed by atoms with Gasteiger partial charge < -0.3 is 20.1 Å². The molecule has 1 aromatic carbocycles. The topological polar surface area (TPSA) is 64.8 Å². The Balaban J connectivity index is 2.75. The first kappa shape index (κ1) is 16.3. The molecule has 0 heterocycles. The van der Waals surface area contributed by atoms with Gasteiger partial charge in [0.1, 0.15) is 0 Å². The van der Waals surface area contributed by atoms with Gasteiger partial charge in [0, 0.05) is 19.1 Å². The maximum absolute atomic E-state index is 11.9. The van der Waals surface area contributed by atoms with Crippen LogP contribution in [0.3, 0.4) is 0 Å². The molecule has 1 rings (SSSR count). The van der Waals surface area contributed by atoms with E-state index < -0.39 is 0 Å². The summed E-state index contributed by atoms with van der Waals surface area (Å²) in [7, 11) is 3.32. The maximum Gasteiger partial charge on any atom is 0.260 e. The summed E-state index contributed by atoms with van der Waals surface area (Å²) in [6, 6.07) is 5.55. The van der Waals surface area contributed by atoms with Crippen LogP contribution in [0.25, 0.3) is 0 Å². The minimum atomic E-state index is -0.0772. The normalized spacial score (nSPS) is 12.2. The molecule has 5 nitrogen and oxygen atoms in total. The van der Waals surface area contributed by atoms with Crippen LogP contribution in [0.15, 0.2) is 18.2 Å². The molecule has 1 unspecified atom stereocenters. The molecular formula is C15H24N2O3. The predicted octanol–water partition coefficient (Wildman–Crippen LogP) is 1.96. The van der Waals surface area contributed by atoms with Gasteiger partial charge in [-0.2, -0.15) is 0 Å². The summed E-state index contributed by atoms with van der Waals surface area (Å²) in [6.45, 7) is 5.80. The highest BCUT2D eigenvalue weighted by Crippen LogP contribution is 2.29. The van der Waals surface area contributed by atoms with Gasteiger partial charge in [-0.1, -0.05) is 6.07 Å². The van der Waals surface area contributed by atoms with E-state index in [1.807, 2.05) is 32.9 Å². The Morgan fingerprint density at radius 2 is 1.95 bits per heavy atom. The quantitative estimate of drug-likeness (QED) is 0.865. The van der Waals surface area contributed by atoms with E-state index >= 15 is 0 Å². The van der Waals surface area contributed by atoms with E-state index in [0.29, 0.717) is 11.5 Å². The first-order valence-electron chi connectivity index (χ1n) is 6.68. The van der Waals surface area contributed by atoms with Crippen LogP contribution in [-0.4, -0.2) is 37.6 Å². The van der Waals surface area contributed by atoms with E-state index in [4.69, 9.17) is 15.2 Å². The van der Waals surface area contributed by atoms with Crippen molar-refractivity contribution in [2.24, 2.45) is 5.73 Å². The second-order valence-electron chi connectivity index (χ2n) is 5.09. The molecule has 0 aliphatic carbocycles. The average molecular weight is 280 g/mol. The zero-order chi connectivity index (χ0) is 15.3. The number of nitrogens with two attached hydrogens (primary N) is 1. The third-order valence-corrected chi connectivity index (χ3v) is 3.23. The van der Waals surface area contributed by atoms with E-state index in [2.05, 4.69) is 0 Å². The third kappa shape index (κ3) is 4.13. The predicted molar refractivity (Wildman–Crippen MR) is 79.0 cm³/mol. The Bertz CT molecular complexity index is 458. The molecule has 0 aliphatic heterocycles. The van der Waals surface area contributed by atoms with Crippen LogP contribution < -0.4 is 15.2 Å². The van der Waals surface area contributed by atoms with E-state index in [-0.39, 0.29) is 24.6 Å². The molecule has 0 saturated heterocycles. The highest BCUT2D eigenvalue weighted by Gasteiger charge is 2.14. The molecule has 0 aliphatic rings. The Hall–Kier alpha value is -1.75. The van der Waals surface area contributed by atoms with Crippen LogP contribution >= 0.6 is 0 Å². The van der Waals surface area contributed by atoms with Crippen molar-refractivity contribution in [2.45, 2.75) is 32.9 Å². The van der Waals surface area contributed by atoms with Gasteiger partial charge in [-0.05, 0) is 38.5 Å². The maximum atomic E-state index is 11.9. The number of carbonyl (C=O) groups is 1. The van der Waals surface area contributed by atoms with Crippen LogP contribution in [0.4, 0.5) is 0 Å². The lowest BCUT2D eigenvalue weighted by atomic mass is 10.1. The third-order valence-electron chi connectivity index (χ3n) is 3.23. The van der Waals surface area contributed by atoms with Gasteiger partial charge in [-0.3, -0.25) is 4.79 Å². The van der Waals surface area contributed by atoms with Crippen LogP contribution in [0.5, 0.6) is 11.5 Å². The first-order chi connectivity index (χ1) is 9.36. The SMILES string of the molecule is COc1cc(C(C)N)ccc1OCC(=O)N(C)C(C)C. The van der Waals surface area contributed by atoms with Crippen molar-refractivity contribution in [3.63, 3.8) is 0 Å². The van der Waals surface area contributed by atoms with Crippen molar-refractivity contribution < 1.29 is 14.3 Å². The molecule has 1 atom stereocenters. The van der Waals surface area contributed by atoms with Crippen molar-refractivity contribution in [2.75, 3.05) is 20.8 Å². The molecular weight excluding hydrogens is 256 g/mol. The minimum absolute atomic E-state index is 0.0113. The largest absolute Gasteiger partial charge is 0.493 e. The summed E-state index contributed by atoms with van der Waals surface area (Å²) >= 11 is 0. The summed E-state index contributed by atoms with van der Waals surface area (Å²) in [5, 5.41) is 0. The smallest absolute Gasteiger partial charge is 0.260 e. The van der Waals surface area contributed by atoms with Gasteiger partial charge in [0.2, 0.25) is 0 Å². The van der Waals surface area contributed by atoms with Crippen molar-refractivity contribution in [1.29, 1.82) is 0 Å². The van der Waals surface area contributed by atoms with Gasteiger partial charge in [0.05, 0.1) is 7.11 Å². The van der Waals surface area contributed by atoms with Gasteiger partial charge in [0.15, 0.2) is 18.1 Å². The monoisotopic (exact) mass is 280 g/mol. The van der Waals surface area contributed by atoms with Gasteiger partial charge in [-0.15, -0.1) is 0 Å². The van der Waals surface area contributed by atoms with Crippen LogP contribution in [0.2, 0.25) is 0 Å². The summed E-state index contributed by atoms with van der Waals surface area (Å²) in [5.41, 5.74) is 6.78. The Morgan fingerprint density at radius 1 is 1.30 bits per heavy atom. The molecule has 20 heavy (non-hydrogen) atoms. The molecule has 0 radical (unpaired) electrons. The summed E-state index contributed by atoms with van der Waals surface area (Å²) in [4.78, 5) is 13.5. The zero-order valence-corrected chi connectivity index (χ0v) is 12.8. The fourth-order valence-corrected chi connectivity index (χ4v) is 1.62. The molecule has 112 valence electrons. The highest BCUT2D eigenvalue weighted by molar-refractivity contribution is 5.77. The van der Waals surface area contributed by atoms with Crippen molar-refractivity contribution in [3.8, 4) is 11.5 Å². The molecule has 0 saturated carbocycles. The van der Waals surface area contributed by atoms with Crippen molar-refractivity contribution >= 4 is 5.91 Å². The zero-order valence-electron chi connectivity index (χ0n) is 12.8. The average Bonchev–Trinajstić information content (AvgIpc) is 2.43. The number of nitrogens with zero attached hydrogens (tertiary/aromatic N) is 1. The second kappa shape index (κ2) is 7.14. The lowest BCUT2D eigenvalue weighted by Gasteiger charge is -2.21. The van der Waals surface area contributed by atoms with E-state index in [0.717, 1.165) is 5.56 Å². The van der Waals surface area contributed by atoms with Crippen molar-refractivity contribution in [1.82, 2.24) is 4.90 Å². The lowest BCUT2D eigenvalue weighted by molar-refractivity contribution is -0.133. The summed E-state index contributed by atoms with van der Waals surface area (Å²) < 4.78 is 10.8. The molecule has 0 aromatic heterocycles. The molecule has 0 spiro atoms. The van der Waals surface area contributed by atoms with Crippen LogP contribution in [-0.2, 0) is 4.79 Å². The van der Waals surface area contributed by atoms with E-state index in [1.54, 1.807) is 25.1 Å². The number of ether oxygens (including phenoxy) is 2. The molecule has 5 heteroatoms. The standard InChI is InChI=1S/C15H24N2O3/c1-10(2)17(4)15(18)9-20-13-7-6-12(11(3)16)8-14(13)19-5/h6-8,10-11H,9,16H2,1-5H3. The van der Waals surface area contributed by atoms with Gasteiger partial charge in [0.25, 0.3) is 5.91 Å². The fraction of sp³-hybridized carbons (Fsp3) is 0.533. The van der Waals surface area contributed by atoms with E-state index in [9.17, 15) is 4.79 Å². The molecule has 0 fully saturated rings. The van der Waals surface area contributed by atoms with Crippen LogP contribution in [0.1, 0.15) is 32.4 Å². The highest BCUT2D eigenvalue weighted by atomic mass is 16.5. The number of carbonyl (C=O) groups excluding carboxylic acids is 1. The number of methoxy groups -OCH3 is 1. The second-order valence-corrected chi connectivity index (χ2v) is 5.09. The number of hydrogen-bond acceptors (Lipinski definition) is 4.